The molecule has 2 aromatic rings. The van der Waals surface area contributed by atoms with E-state index >= 15 is 0 Å². The first-order valence-electron chi connectivity index (χ1n) is 8.92. The highest BCUT2D eigenvalue weighted by molar-refractivity contribution is 5.99. The molecule has 7 heteroatoms. The predicted octanol–water partition coefficient (Wildman–Crippen LogP) is 2.81. The third-order valence-electron chi connectivity index (χ3n) is 4.38. The fraction of sp³-hybridized carbons (Fsp3) is 0.238. The fourth-order valence-electron chi connectivity index (χ4n) is 2.92. The normalized spacial score (nSPS) is 13.3. The van der Waals surface area contributed by atoms with E-state index in [1.165, 1.54) is 6.92 Å². The molecular formula is C21H20N2O5. The van der Waals surface area contributed by atoms with Gasteiger partial charge in [0.05, 0.1) is 5.56 Å². The lowest BCUT2D eigenvalue weighted by molar-refractivity contribution is -0.119. The molecule has 28 heavy (non-hydrogen) atoms. The molecule has 0 radical (unpaired) electrons. The summed E-state index contributed by atoms with van der Waals surface area (Å²) in [5.41, 5.74) is 1.96. The number of anilines is 2. The number of rotatable bonds is 6. The number of carbonyl (C=O) groups is 4. The van der Waals surface area contributed by atoms with E-state index in [-0.39, 0.29) is 17.3 Å². The first kappa shape index (κ1) is 19.3. The molecule has 2 amide bonds. The van der Waals surface area contributed by atoms with Gasteiger partial charge >= 0.3 is 5.97 Å². The van der Waals surface area contributed by atoms with Crippen LogP contribution in [0.2, 0.25) is 0 Å². The van der Waals surface area contributed by atoms with Crippen LogP contribution in [0, 0.1) is 0 Å². The van der Waals surface area contributed by atoms with Crippen molar-refractivity contribution in [2.24, 2.45) is 0 Å². The second kappa shape index (κ2) is 8.47. The summed E-state index contributed by atoms with van der Waals surface area (Å²) in [6.07, 6.45) is 1.29. The Morgan fingerprint density at radius 2 is 1.82 bits per heavy atom. The maximum Gasteiger partial charge on any atom is 0.338 e. The highest BCUT2D eigenvalue weighted by Crippen LogP contribution is 2.22. The van der Waals surface area contributed by atoms with E-state index in [4.69, 9.17) is 4.74 Å². The Hall–Kier alpha value is -3.48. The Kier molecular flexibility index (Phi) is 5.84. The van der Waals surface area contributed by atoms with Gasteiger partial charge in [0.15, 0.2) is 12.4 Å². The molecule has 1 heterocycles. The fourth-order valence-corrected chi connectivity index (χ4v) is 2.92. The van der Waals surface area contributed by atoms with Crippen LogP contribution in [-0.4, -0.2) is 36.7 Å². The Morgan fingerprint density at radius 3 is 2.46 bits per heavy atom. The summed E-state index contributed by atoms with van der Waals surface area (Å²) < 4.78 is 5.06. The molecule has 1 fully saturated rings. The number of carbonyl (C=O) groups excluding carboxylic acids is 4. The lowest BCUT2D eigenvalue weighted by atomic mass is 10.1. The average molecular weight is 380 g/mol. The molecule has 1 N–H and O–H groups in total. The summed E-state index contributed by atoms with van der Waals surface area (Å²) in [6, 6.07) is 13.0. The van der Waals surface area contributed by atoms with Crippen LogP contribution in [0.3, 0.4) is 0 Å². The van der Waals surface area contributed by atoms with Gasteiger partial charge in [-0.15, -0.1) is 0 Å². The molecule has 0 unspecified atom stereocenters. The van der Waals surface area contributed by atoms with E-state index in [1.54, 1.807) is 53.4 Å². The van der Waals surface area contributed by atoms with Gasteiger partial charge in [-0.1, -0.05) is 6.07 Å². The largest absolute Gasteiger partial charge is 0.452 e. The molecule has 1 aliphatic heterocycles. The van der Waals surface area contributed by atoms with E-state index in [0.717, 1.165) is 6.42 Å². The monoisotopic (exact) mass is 380 g/mol. The second-order valence-electron chi connectivity index (χ2n) is 6.46. The van der Waals surface area contributed by atoms with Crippen molar-refractivity contribution in [1.82, 2.24) is 0 Å². The Balaban J connectivity index is 1.55. The minimum Gasteiger partial charge on any atom is -0.452 e. The molecule has 0 spiro atoms. The van der Waals surface area contributed by atoms with Crippen molar-refractivity contribution < 1.29 is 23.9 Å². The van der Waals surface area contributed by atoms with Crippen molar-refractivity contribution in [3.8, 4) is 0 Å². The van der Waals surface area contributed by atoms with Crippen molar-refractivity contribution in [2.75, 3.05) is 23.4 Å². The quantitative estimate of drug-likeness (QED) is 0.614. The lowest BCUT2D eigenvalue weighted by Gasteiger charge is -2.16. The summed E-state index contributed by atoms with van der Waals surface area (Å²) in [5, 5.41) is 2.60. The zero-order valence-electron chi connectivity index (χ0n) is 15.4. The van der Waals surface area contributed by atoms with Crippen molar-refractivity contribution >= 4 is 34.9 Å². The van der Waals surface area contributed by atoms with Crippen molar-refractivity contribution in [3.63, 3.8) is 0 Å². The molecule has 0 saturated carbocycles. The lowest BCUT2D eigenvalue weighted by Crippen LogP contribution is -2.24. The van der Waals surface area contributed by atoms with Crippen LogP contribution in [0.15, 0.2) is 48.5 Å². The van der Waals surface area contributed by atoms with Crippen LogP contribution in [-0.2, 0) is 14.3 Å². The number of esters is 1. The number of amides is 2. The SMILES string of the molecule is CC(=O)c1ccc(NC(=O)COC(=O)c2cccc(N3CCCC3=O)c2)cc1. The number of hydrogen-bond acceptors (Lipinski definition) is 5. The van der Waals surface area contributed by atoms with Gasteiger partial charge in [0.25, 0.3) is 5.91 Å². The average Bonchev–Trinajstić information content (AvgIpc) is 3.12. The minimum absolute atomic E-state index is 0.0284. The highest BCUT2D eigenvalue weighted by Gasteiger charge is 2.22. The number of ketones is 1. The van der Waals surface area contributed by atoms with Gasteiger partial charge < -0.3 is 15.0 Å². The molecule has 144 valence electrons. The topological polar surface area (TPSA) is 92.8 Å². The highest BCUT2D eigenvalue weighted by atomic mass is 16.5. The number of nitrogens with zero attached hydrogens (tertiary/aromatic N) is 1. The minimum atomic E-state index is -0.643. The van der Waals surface area contributed by atoms with Crippen LogP contribution in [0.1, 0.15) is 40.5 Å². The molecule has 2 aromatic carbocycles. The number of ether oxygens (including phenoxy) is 1. The summed E-state index contributed by atoms with van der Waals surface area (Å²) in [6.45, 7) is 1.64. The Bertz CT molecular complexity index is 921. The molecule has 0 aliphatic carbocycles. The van der Waals surface area contributed by atoms with E-state index in [1.807, 2.05) is 0 Å². The number of Topliss-reactive ketones (excluding diaryl/α,β-unsaturated/α-hetero) is 1. The predicted molar refractivity (Wildman–Crippen MR) is 103 cm³/mol. The zero-order valence-corrected chi connectivity index (χ0v) is 15.4. The maximum atomic E-state index is 12.2. The van der Waals surface area contributed by atoms with Crippen LogP contribution < -0.4 is 10.2 Å². The number of nitrogens with one attached hydrogen (secondary N) is 1. The van der Waals surface area contributed by atoms with Crippen LogP contribution in [0.25, 0.3) is 0 Å². The van der Waals surface area contributed by atoms with E-state index in [2.05, 4.69) is 5.32 Å². The van der Waals surface area contributed by atoms with Crippen molar-refractivity contribution in [2.45, 2.75) is 19.8 Å². The molecule has 3 rings (SSSR count). The van der Waals surface area contributed by atoms with Gasteiger partial charge in [0.1, 0.15) is 0 Å². The standard InChI is InChI=1S/C21H20N2O5/c1-14(24)15-7-9-17(10-8-15)22-19(25)13-28-21(27)16-4-2-5-18(12-16)23-11-3-6-20(23)26/h2,4-5,7-10,12H,3,6,11,13H2,1H3,(H,22,25). The van der Waals surface area contributed by atoms with Crippen LogP contribution in [0.4, 0.5) is 11.4 Å². The Morgan fingerprint density at radius 1 is 1.07 bits per heavy atom. The first-order chi connectivity index (χ1) is 13.4. The van der Waals surface area contributed by atoms with Gasteiger partial charge in [0, 0.05) is 29.9 Å². The zero-order chi connectivity index (χ0) is 20.1. The molecule has 7 nitrogen and oxygen atoms in total. The molecule has 0 bridgehead atoms. The van der Waals surface area contributed by atoms with E-state index in [0.29, 0.717) is 29.9 Å². The summed E-state index contributed by atoms with van der Waals surface area (Å²) in [4.78, 5) is 48.9. The molecule has 0 aromatic heterocycles. The van der Waals surface area contributed by atoms with Gasteiger partial charge in [-0.2, -0.15) is 0 Å². The third-order valence-corrected chi connectivity index (χ3v) is 4.38. The van der Waals surface area contributed by atoms with Gasteiger partial charge in [-0.05, 0) is 55.8 Å². The molecule has 1 aliphatic rings. The van der Waals surface area contributed by atoms with Crippen molar-refractivity contribution in [1.29, 1.82) is 0 Å². The molecular weight excluding hydrogens is 360 g/mol. The maximum absolute atomic E-state index is 12.2. The van der Waals surface area contributed by atoms with Crippen molar-refractivity contribution in [3.05, 3.63) is 59.7 Å². The van der Waals surface area contributed by atoms with Gasteiger partial charge in [-0.3, -0.25) is 14.4 Å². The second-order valence-corrected chi connectivity index (χ2v) is 6.46. The summed E-state index contributed by atoms with van der Waals surface area (Å²) in [7, 11) is 0. The Labute approximate surface area is 162 Å². The number of hydrogen-bond donors (Lipinski definition) is 1. The first-order valence-corrected chi connectivity index (χ1v) is 8.92. The number of benzene rings is 2. The smallest absolute Gasteiger partial charge is 0.338 e. The summed E-state index contributed by atoms with van der Waals surface area (Å²) in [5.74, 6) is -1.17. The summed E-state index contributed by atoms with van der Waals surface area (Å²) >= 11 is 0. The van der Waals surface area contributed by atoms with Gasteiger partial charge in [0.2, 0.25) is 5.91 Å². The van der Waals surface area contributed by atoms with Gasteiger partial charge in [-0.25, -0.2) is 4.79 Å². The van der Waals surface area contributed by atoms with E-state index in [9.17, 15) is 19.2 Å². The van der Waals surface area contributed by atoms with E-state index < -0.39 is 18.5 Å². The van der Waals surface area contributed by atoms with Crippen LogP contribution in [0.5, 0.6) is 0 Å². The molecule has 0 atom stereocenters. The third kappa shape index (κ3) is 4.62. The van der Waals surface area contributed by atoms with Crippen LogP contribution >= 0.6 is 0 Å². The molecule has 1 saturated heterocycles.